The van der Waals surface area contributed by atoms with Gasteiger partial charge < -0.3 is 10.5 Å². The van der Waals surface area contributed by atoms with Crippen molar-refractivity contribution in [3.63, 3.8) is 0 Å². The van der Waals surface area contributed by atoms with Gasteiger partial charge in [0.2, 0.25) is 10.0 Å². The van der Waals surface area contributed by atoms with Crippen molar-refractivity contribution in [3.8, 4) is 0 Å². The molecule has 0 amide bonds. The molecule has 1 aromatic rings. The fourth-order valence-electron chi connectivity index (χ4n) is 1.70. The molecular weight excluding hydrogens is 295 g/mol. The summed E-state index contributed by atoms with van der Waals surface area (Å²) in [5.41, 5.74) is 5.93. The molecule has 0 aliphatic rings. The smallest absolute Gasteiger partial charge is 0.243 e. The number of hydrogen-bond donors (Lipinski definition) is 2. The Morgan fingerprint density at radius 1 is 1.29 bits per heavy atom. The van der Waals surface area contributed by atoms with Crippen LogP contribution in [-0.2, 0) is 21.3 Å². The van der Waals surface area contributed by atoms with Crippen LogP contribution >= 0.6 is 0 Å². The Hall–Kier alpha value is -1.02. The third-order valence-electron chi connectivity index (χ3n) is 2.92. The highest BCUT2D eigenvalue weighted by Crippen LogP contribution is 2.15. The Morgan fingerprint density at radius 3 is 2.62 bits per heavy atom. The van der Waals surface area contributed by atoms with Crippen molar-refractivity contribution in [1.82, 2.24) is 4.72 Å². The van der Waals surface area contributed by atoms with E-state index >= 15 is 0 Å². The Balaban J connectivity index is 2.46. The lowest BCUT2D eigenvalue weighted by molar-refractivity contribution is 0.130. The van der Waals surface area contributed by atoms with Gasteiger partial charge in [-0.2, -0.15) is 0 Å². The van der Waals surface area contributed by atoms with Gasteiger partial charge in [0.15, 0.2) is 0 Å². The third kappa shape index (κ3) is 6.09. The van der Waals surface area contributed by atoms with Crippen LogP contribution in [0, 0.1) is 5.82 Å². The third-order valence-corrected chi connectivity index (χ3v) is 4.42. The van der Waals surface area contributed by atoms with Gasteiger partial charge in [-0.15, -0.1) is 0 Å². The number of nitrogens with one attached hydrogen (secondary N) is 1. The van der Waals surface area contributed by atoms with Crippen LogP contribution in [0.5, 0.6) is 0 Å². The summed E-state index contributed by atoms with van der Waals surface area (Å²) >= 11 is 0. The zero-order valence-corrected chi connectivity index (χ0v) is 13.1. The molecular formula is C14H23FN2O3S. The van der Waals surface area contributed by atoms with E-state index in [4.69, 9.17) is 10.5 Å². The van der Waals surface area contributed by atoms with Crippen LogP contribution in [0.1, 0.15) is 31.7 Å². The molecule has 0 saturated heterocycles. The highest BCUT2D eigenvalue weighted by atomic mass is 32.2. The normalized spacial score (nSPS) is 11.8. The largest absolute Gasteiger partial charge is 0.381 e. The van der Waals surface area contributed by atoms with Crippen molar-refractivity contribution in [1.29, 1.82) is 0 Å². The van der Waals surface area contributed by atoms with Crippen molar-refractivity contribution in [2.75, 3.05) is 19.8 Å². The average molecular weight is 318 g/mol. The van der Waals surface area contributed by atoms with Gasteiger partial charge in [0.05, 0.1) is 0 Å². The molecule has 120 valence electrons. The van der Waals surface area contributed by atoms with Crippen LogP contribution in [0.15, 0.2) is 23.1 Å². The number of nitrogens with two attached hydrogens (primary N) is 1. The van der Waals surface area contributed by atoms with E-state index < -0.39 is 15.8 Å². The van der Waals surface area contributed by atoms with Gasteiger partial charge >= 0.3 is 0 Å². The Labute approximate surface area is 125 Å². The predicted molar refractivity (Wildman–Crippen MR) is 79.8 cm³/mol. The van der Waals surface area contributed by atoms with Crippen molar-refractivity contribution in [2.45, 2.75) is 37.6 Å². The highest BCUT2D eigenvalue weighted by Gasteiger charge is 2.18. The van der Waals surface area contributed by atoms with Crippen molar-refractivity contribution in [3.05, 3.63) is 29.6 Å². The van der Waals surface area contributed by atoms with E-state index in [2.05, 4.69) is 11.6 Å². The quantitative estimate of drug-likeness (QED) is 0.644. The van der Waals surface area contributed by atoms with Gasteiger partial charge in [-0.25, -0.2) is 17.5 Å². The van der Waals surface area contributed by atoms with Gasteiger partial charge in [-0.05, 0) is 30.5 Å². The summed E-state index contributed by atoms with van der Waals surface area (Å²) in [6.07, 6.45) is 2.60. The highest BCUT2D eigenvalue weighted by molar-refractivity contribution is 7.89. The first kappa shape index (κ1) is 18.0. The standard InChI is InChI=1S/C14H23FN2O3S/c1-2-3-8-20-9-4-7-17-21(18,19)14-6-5-12(11-16)10-13(14)15/h5-6,10,17H,2-4,7-9,11,16H2,1H3. The molecule has 0 saturated carbocycles. The number of ether oxygens (including phenoxy) is 1. The van der Waals surface area contributed by atoms with Crippen LogP contribution in [0.25, 0.3) is 0 Å². The number of sulfonamides is 1. The van der Waals surface area contributed by atoms with Gasteiger partial charge in [0, 0.05) is 26.3 Å². The fourth-order valence-corrected chi connectivity index (χ4v) is 2.83. The van der Waals surface area contributed by atoms with E-state index in [1.54, 1.807) is 0 Å². The molecule has 0 heterocycles. The van der Waals surface area contributed by atoms with Crippen LogP contribution in [0.3, 0.4) is 0 Å². The molecule has 1 rings (SSSR count). The number of rotatable bonds is 10. The average Bonchev–Trinajstić information content (AvgIpc) is 2.45. The molecule has 0 atom stereocenters. The van der Waals surface area contributed by atoms with E-state index in [-0.39, 0.29) is 18.0 Å². The van der Waals surface area contributed by atoms with Crippen LogP contribution in [0.2, 0.25) is 0 Å². The van der Waals surface area contributed by atoms with Crippen LogP contribution in [-0.4, -0.2) is 28.2 Å². The molecule has 5 nitrogen and oxygen atoms in total. The summed E-state index contributed by atoms with van der Waals surface area (Å²) in [6.45, 7) is 3.61. The Morgan fingerprint density at radius 2 is 2.00 bits per heavy atom. The molecule has 0 spiro atoms. The second-order valence-electron chi connectivity index (χ2n) is 4.69. The Bertz CT molecular complexity index is 535. The van der Waals surface area contributed by atoms with Crippen molar-refractivity contribution >= 4 is 10.0 Å². The van der Waals surface area contributed by atoms with Crippen molar-refractivity contribution in [2.24, 2.45) is 5.73 Å². The SMILES string of the molecule is CCCCOCCCNS(=O)(=O)c1ccc(CN)cc1F. The fraction of sp³-hybridized carbons (Fsp3) is 0.571. The first-order valence-electron chi connectivity index (χ1n) is 7.07. The lowest BCUT2D eigenvalue weighted by atomic mass is 10.2. The molecule has 0 radical (unpaired) electrons. The number of hydrogen-bond acceptors (Lipinski definition) is 4. The first-order valence-corrected chi connectivity index (χ1v) is 8.55. The van der Waals surface area contributed by atoms with E-state index in [1.807, 2.05) is 0 Å². The minimum Gasteiger partial charge on any atom is -0.381 e. The molecule has 0 fully saturated rings. The summed E-state index contributed by atoms with van der Waals surface area (Å²) in [5, 5.41) is 0. The number of unbranched alkanes of at least 4 members (excludes halogenated alkanes) is 1. The molecule has 0 unspecified atom stereocenters. The maximum atomic E-state index is 13.7. The second-order valence-corrected chi connectivity index (χ2v) is 6.42. The van der Waals surface area contributed by atoms with E-state index in [1.165, 1.54) is 12.1 Å². The predicted octanol–water partition coefficient (Wildman–Crippen LogP) is 1.77. The van der Waals surface area contributed by atoms with E-state index in [9.17, 15) is 12.8 Å². The molecule has 0 aromatic heterocycles. The van der Waals surface area contributed by atoms with Gasteiger partial charge in [-0.1, -0.05) is 19.4 Å². The molecule has 21 heavy (non-hydrogen) atoms. The first-order chi connectivity index (χ1) is 10.0. The lowest BCUT2D eigenvalue weighted by Gasteiger charge is -2.09. The van der Waals surface area contributed by atoms with E-state index in [0.29, 0.717) is 25.2 Å². The molecule has 0 aliphatic carbocycles. The monoisotopic (exact) mass is 318 g/mol. The molecule has 0 bridgehead atoms. The van der Waals surface area contributed by atoms with Gasteiger partial charge in [-0.3, -0.25) is 0 Å². The number of benzene rings is 1. The number of halogens is 1. The Kier molecular flexibility index (Phi) is 7.81. The minimum absolute atomic E-state index is 0.166. The van der Waals surface area contributed by atoms with Crippen LogP contribution in [0.4, 0.5) is 4.39 Å². The molecule has 3 N–H and O–H groups in total. The summed E-state index contributed by atoms with van der Waals surface area (Å²) in [5.74, 6) is -0.787. The minimum atomic E-state index is -3.83. The molecule has 1 aromatic carbocycles. The molecule has 7 heteroatoms. The summed E-state index contributed by atoms with van der Waals surface area (Å²) in [4.78, 5) is -0.355. The second kappa shape index (κ2) is 9.09. The maximum Gasteiger partial charge on any atom is 0.243 e. The maximum absolute atomic E-state index is 13.7. The van der Waals surface area contributed by atoms with Crippen molar-refractivity contribution < 1.29 is 17.5 Å². The lowest BCUT2D eigenvalue weighted by Crippen LogP contribution is -2.26. The zero-order valence-electron chi connectivity index (χ0n) is 12.3. The van der Waals surface area contributed by atoms with Gasteiger partial charge in [0.25, 0.3) is 0 Å². The summed E-state index contributed by atoms with van der Waals surface area (Å²) in [6, 6.07) is 3.88. The van der Waals surface area contributed by atoms with Crippen LogP contribution < -0.4 is 10.5 Å². The van der Waals surface area contributed by atoms with Gasteiger partial charge in [0.1, 0.15) is 10.7 Å². The molecule has 0 aliphatic heterocycles. The zero-order chi connectivity index (χ0) is 15.7. The summed E-state index contributed by atoms with van der Waals surface area (Å²) in [7, 11) is -3.83. The van der Waals surface area contributed by atoms with E-state index in [0.717, 1.165) is 18.9 Å². The summed E-state index contributed by atoms with van der Waals surface area (Å²) < 4.78 is 45.4. The topological polar surface area (TPSA) is 81.4 Å².